The SMILES string of the molecule is O=C(CCc1ccc(F)c(F)c1)NCC(O)c1ccccc1Cl. The summed E-state index contributed by atoms with van der Waals surface area (Å²) in [7, 11) is 0. The molecular formula is C17H16ClF2NO2. The zero-order valence-electron chi connectivity index (χ0n) is 12.2. The van der Waals surface area contributed by atoms with Crippen LogP contribution in [0, 0.1) is 11.6 Å². The summed E-state index contributed by atoms with van der Waals surface area (Å²) in [4.78, 5) is 11.8. The minimum absolute atomic E-state index is 0.0281. The van der Waals surface area contributed by atoms with Gasteiger partial charge in [-0.3, -0.25) is 4.79 Å². The van der Waals surface area contributed by atoms with Crippen LogP contribution in [-0.4, -0.2) is 17.6 Å². The summed E-state index contributed by atoms with van der Waals surface area (Å²) in [6.07, 6.45) is -0.512. The molecule has 3 nitrogen and oxygen atoms in total. The van der Waals surface area contributed by atoms with Gasteiger partial charge in [0.25, 0.3) is 0 Å². The van der Waals surface area contributed by atoms with Gasteiger partial charge in [0.15, 0.2) is 11.6 Å². The van der Waals surface area contributed by atoms with E-state index in [1.54, 1.807) is 24.3 Å². The van der Waals surface area contributed by atoms with Crippen molar-refractivity contribution < 1.29 is 18.7 Å². The molecule has 2 aromatic carbocycles. The van der Waals surface area contributed by atoms with Crippen LogP contribution in [0.1, 0.15) is 23.7 Å². The Hall–Kier alpha value is -1.98. The molecule has 6 heteroatoms. The predicted molar refractivity (Wildman–Crippen MR) is 84.1 cm³/mol. The lowest BCUT2D eigenvalue weighted by molar-refractivity contribution is -0.121. The molecule has 2 N–H and O–H groups in total. The number of carbonyl (C=O) groups is 1. The monoisotopic (exact) mass is 339 g/mol. The summed E-state index contributed by atoms with van der Waals surface area (Å²) >= 11 is 5.96. The lowest BCUT2D eigenvalue weighted by atomic mass is 10.1. The molecule has 0 aliphatic carbocycles. The first kappa shape index (κ1) is 17.4. The highest BCUT2D eigenvalue weighted by Gasteiger charge is 2.12. The van der Waals surface area contributed by atoms with Gasteiger partial charge in [-0.1, -0.05) is 35.9 Å². The molecule has 0 saturated heterocycles. The van der Waals surface area contributed by atoms with E-state index < -0.39 is 17.7 Å². The molecule has 1 atom stereocenters. The van der Waals surface area contributed by atoms with Gasteiger partial charge in [0.1, 0.15) is 0 Å². The van der Waals surface area contributed by atoms with E-state index in [1.807, 2.05) is 0 Å². The van der Waals surface area contributed by atoms with Gasteiger partial charge < -0.3 is 10.4 Å². The largest absolute Gasteiger partial charge is 0.387 e. The minimum atomic E-state index is -0.933. The number of carbonyl (C=O) groups excluding carboxylic acids is 1. The van der Waals surface area contributed by atoms with Crippen LogP contribution in [0.5, 0.6) is 0 Å². The molecule has 1 unspecified atom stereocenters. The van der Waals surface area contributed by atoms with Gasteiger partial charge in [-0.2, -0.15) is 0 Å². The van der Waals surface area contributed by atoms with Crippen molar-refractivity contribution in [3.63, 3.8) is 0 Å². The van der Waals surface area contributed by atoms with Crippen LogP contribution in [-0.2, 0) is 11.2 Å². The number of aliphatic hydroxyl groups is 1. The van der Waals surface area contributed by atoms with Crippen LogP contribution in [0.15, 0.2) is 42.5 Å². The zero-order valence-corrected chi connectivity index (χ0v) is 13.0. The topological polar surface area (TPSA) is 49.3 Å². The molecule has 0 aliphatic heterocycles. The average Bonchev–Trinajstić information content (AvgIpc) is 2.54. The Labute approximate surface area is 137 Å². The first-order chi connectivity index (χ1) is 11.0. The second kappa shape index (κ2) is 8.04. The highest BCUT2D eigenvalue weighted by atomic mass is 35.5. The molecule has 122 valence electrons. The number of aryl methyl sites for hydroxylation is 1. The third-order valence-electron chi connectivity index (χ3n) is 3.38. The van der Waals surface area contributed by atoms with E-state index in [9.17, 15) is 18.7 Å². The highest BCUT2D eigenvalue weighted by Crippen LogP contribution is 2.21. The van der Waals surface area contributed by atoms with Gasteiger partial charge in [0.2, 0.25) is 5.91 Å². The maximum atomic E-state index is 13.1. The van der Waals surface area contributed by atoms with Crippen molar-refractivity contribution in [2.45, 2.75) is 18.9 Å². The summed E-state index contributed by atoms with van der Waals surface area (Å²) < 4.78 is 25.9. The van der Waals surface area contributed by atoms with Crippen LogP contribution in [0.3, 0.4) is 0 Å². The van der Waals surface area contributed by atoms with Gasteiger partial charge in [-0.15, -0.1) is 0 Å². The number of amides is 1. The van der Waals surface area contributed by atoms with Gasteiger partial charge in [0.05, 0.1) is 6.10 Å². The van der Waals surface area contributed by atoms with Crippen molar-refractivity contribution in [2.75, 3.05) is 6.54 Å². The molecule has 0 saturated carbocycles. The number of aliphatic hydroxyl groups excluding tert-OH is 1. The van der Waals surface area contributed by atoms with Crippen LogP contribution in [0.25, 0.3) is 0 Å². The van der Waals surface area contributed by atoms with Crippen LogP contribution < -0.4 is 5.32 Å². The van der Waals surface area contributed by atoms with Crippen LogP contribution in [0.4, 0.5) is 8.78 Å². The Morgan fingerprint density at radius 3 is 2.61 bits per heavy atom. The standard InChI is InChI=1S/C17H16ClF2NO2/c18-13-4-2-1-3-12(13)16(22)10-21-17(23)8-6-11-5-7-14(19)15(20)9-11/h1-5,7,9,16,22H,6,8,10H2,(H,21,23). The third kappa shape index (κ3) is 5.01. The molecule has 0 fully saturated rings. The zero-order chi connectivity index (χ0) is 16.8. The van der Waals surface area contributed by atoms with Crippen molar-refractivity contribution in [3.05, 3.63) is 70.2 Å². The Morgan fingerprint density at radius 1 is 1.17 bits per heavy atom. The number of nitrogens with one attached hydrogen (secondary N) is 1. The molecule has 0 bridgehead atoms. The van der Waals surface area contributed by atoms with Crippen molar-refractivity contribution in [2.24, 2.45) is 0 Å². The second-order valence-electron chi connectivity index (χ2n) is 5.09. The summed E-state index contributed by atoms with van der Waals surface area (Å²) in [6.45, 7) is 0.0281. The highest BCUT2D eigenvalue weighted by molar-refractivity contribution is 6.31. The summed E-state index contributed by atoms with van der Waals surface area (Å²) in [5.74, 6) is -2.14. The van der Waals surface area contributed by atoms with Crippen LogP contribution in [0.2, 0.25) is 5.02 Å². The molecule has 0 aromatic heterocycles. The fourth-order valence-corrected chi connectivity index (χ4v) is 2.37. The molecule has 0 spiro atoms. The normalized spacial score (nSPS) is 12.0. The van der Waals surface area contributed by atoms with Gasteiger partial charge in [-0.05, 0) is 30.2 Å². The number of hydrogen-bond donors (Lipinski definition) is 2. The first-order valence-electron chi connectivity index (χ1n) is 7.10. The maximum Gasteiger partial charge on any atom is 0.220 e. The molecule has 1 amide bonds. The van der Waals surface area contributed by atoms with Gasteiger partial charge >= 0.3 is 0 Å². The quantitative estimate of drug-likeness (QED) is 0.847. The number of benzene rings is 2. The fourth-order valence-electron chi connectivity index (χ4n) is 2.11. The van der Waals surface area contributed by atoms with E-state index in [4.69, 9.17) is 11.6 Å². The molecule has 0 heterocycles. The Kier molecular flexibility index (Phi) is 6.07. The molecule has 0 aliphatic rings. The van der Waals surface area contributed by atoms with Gasteiger partial charge in [-0.25, -0.2) is 8.78 Å². The van der Waals surface area contributed by atoms with Gasteiger partial charge in [0, 0.05) is 23.6 Å². The van der Waals surface area contributed by atoms with E-state index in [0.717, 1.165) is 12.1 Å². The van der Waals surface area contributed by atoms with Crippen molar-refractivity contribution in [1.82, 2.24) is 5.32 Å². The molecular weight excluding hydrogens is 324 g/mol. The molecule has 2 aromatic rings. The van der Waals surface area contributed by atoms with Crippen molar-refractivity contribution >= 4 is 17.5 Å². The first-order valence-corrected chi connectivity index (χ1v) is 7.48. The smallest absolute Gasteiger partial charge is 0.220 e. The lowest BCUT2D eigenvalue weighted by Crippen LogP contribution is -2.28. The summed E-state index contributed by atoms with van der Waals surface area (Å²) in [6, 6.07) is 10.4. The second-order valence-corrected chi connectivity index (χ2v) is 5.50. The number of rotatable bonds is 6. The summed E-state index contributed by atoms with van der Waals surface area (Å²) in [5.41, 5.74) is 1.07. The predicted octanol–water partition coefficient (Wildman–Crippen LogP) is 3.40. The lowest BCUT2D eigenvalue weighted by Gasteiger charge is -2.13. The number of halogens is 3. The maximum absolute atomic E-state index is 13.1. The Morgan fingerprint density at radius 2 is 1.91 bits per heavy atom. The molecule has 0 radical (unpaired) electrons. The van der Waals surface area contributed by atoms with Crippen molar-refractivity contribution in [1.29, 1.82) is 0 Å². The average molecular weight is 340 g/mol. The van der Waals surface area contributed by atoms with E-state index in [0.29, 0.717) is 16.1 Å². The van der Waals surface area contributed by atoms with E-state index in [1.165, 1.54) is 6.07 Å². The van der Waals surface area contributed by atoms with E-state index in [2.05, 4.69) is 5.32 Å². The third-order valence-corrected chi connectivity index (χ3v) is 3.73. The molecule has 2 rings (SSSR count). The number of hydrogen-bond acceptors (Lipinski definition) is 2. The molecule has 23 heavy (non-hydrogen) atoms. The van der Waals surface area contributed by atoms with E-state index >= 15 is 0 Å². The fraction of sp³-hybridized carbons (Fsp3) is 0.235. The Balaban J connectivity index is 1.81. The van der Waals surface area contributed by atoms with E-state index in [-0.39, 0.29) is 25.3 Å². The Bertz CT molecular complexity index is 694. The van der Waals surface area contributed by atoms with Crippen LogP contribution >= 0.6 is 11.6 Å². The van der Waals surface area contributed by atoms with Crippen molar-refractivity contribution in [3.8, 4) is 0 Å². The summed E-state index contributed by atoms with van der Waals surface area (Å²) in [5, 5.41) is 13.0. The minimum Gasteiger partial charge on any atom is -0.387 e.